The van der Waals surface area contributed by atoms with Gasteiger partial charge >= 0.3 is 0 Å². The minimum absolute atomic E-state index is 0.0126. The second-order valence-electron chi connectivity index (χ2n) is 5.27. The highest BCUT2D eigenvalue weighted by atomic mass is 16.1. The summed E-state index contributed by atoms with van der Waals surface area (Å²) in [5.41, 5.74) is 1.39. The van der Waals surface area contributed by atoms with Crippen LogP contribution in [-0.4, -0.2) is 17.4 Å². The first-order valence-corrected chi connectivity index (χ1v) is 7.58. The molecule has 0 fully saturated rings. The maximum atomic E-state index is 12.0. The summed E-state index contributed by atoms with van der Waals surface area (Å²) in [6.45, 7) is 2.86. The number of hydrogen-bond donors (Lipinski definition) is 2. The van der Waals surface area contributed by atoms with Gasteiger partial charge in [0.1, 0.15) is 0 Å². The van der Waals surface area contributed by atoms with Crippen LogP contribution >= 0.6 is 0 Å². The fourth-order valence-corrected chi connectivity index (χ4v) is 2.32. The van der Waals surface area contributed by atoms with Crippen LogP contribution in [0.2, 0.25) is 0 Å². The Morgan fingerprint density at radius 2 is 2.05 bits per heavy atom. The molecule has 21 heavy (non-hydrogen) atoms. The maximum absolute atomic E-state index is 12.0. The normalized spacial score (nSPS) is 10.7. The highest BCUT2D eigenvalue weighted by Crippen LogP contribution is 2.10. The van der Waals surface area contributed by atoms with Crippen LogP contribution < -0.4 is 10.9 Å². The van der Waals surface area contributed by atoms with Crippen LogP contribution in [0.4, 0.5) is 0 Å². The van der Waals surface area contributed by atoms with Gasteiger partial charge in [-0.1, -0.05) is 38.0 Å². The molecule has 0 saturated carbocycles. The van der Waals surface area contributed by atoms with Crippen molar-refractivity contribution in [2.75, 3.05) is 6.54 Å². The van der Waals surface area contributed by atoms with E-state index < -0.39 is 0 Å². The number of aromatic amines is 1. The molecular formula is C17H22N2O2. The zero-order chi connectivity index (χ0) is 15.1. The Hall–Kier alpha value is -2.10. The SMILES string of the molecule is CCCCCNC(=O)CCc1cc2ccccc2[nH]c1=O. The number of aromatic nitrogens is 1. The van der Waals surface area contributed by atoms with Crippen LogP contribution in [-0.2, 0) is 11.2 Å². The molecule has 0 aliphatic carbocycles. The largest absolute Gasteiger partial charge is 0.356 e. The maximum Gasteiger partial charge on any atom is 0.251 e. The summed E-state index contributed by atoms with van der Waals surface area (Å²) in [4.78, 5) is 26.5. The van der Waals surface area contributed by atoms with Gasteiger partial charge < -0.3 is 10.3 Å². The van der Waals surface area contributed by atoms with Crippen LogP contribution in [0.5, 0.6) is 0 Å². The molecule has 0 saturated heterocycles. The van der Waals surface area contributed by atoms with Crippen LogP contribution in [0.25, 0.3) is 10.9 Å². The van der Waals surface area contributed by atoms with E-state index in [0.717, 1.165) is 36.7 Å². The number of carbonyl (C=O) groups is 1. The number of aryl methyl sites for hydroxylation is 1. The van der Waals surface area contributed by atoms with Crippen molar-refractivity contribution in [2.24, 2.45) is 0 Å². The number of fused-ring (bicyclic) bond motifs is 1. The first kappa shape index (κ1) is 15.3. The van der Waals surface area contributed by atoms with E-state index in [4.69, 9.17) is 0 Å². The van der Waals surface area contributed by atoms with Crippen molar-refractivity contribution in [3.05, 3.63) is 46.2 Å². The van der Waals surface area contributed by atoms with E-state index in [1.165, 1.54) is 0 Å². The van der Waals surface area contributed by atoms with Crippen molar-refractivity contribution in [1.29, 1.82) is 0 Å². The predicted octanol–water partition coefficient (Wildman–Crippen LogP) is 2.77. The molecule has 4 nitrogen and oxygen atoms in total. The Labute approximate surface area is 124 Å². The summed E-state index contributed by atoms with van der Waals surface area (Å²) in [5, 5.41) is 3.89. The molecular weight excluding hydrogens is 264 g/mol. The van der Waals surface area contributed by atoms with E-state index in [-0.39, 0.29) is 11.5 Å². The first-order chi connectivity index (χ1) is 10.2. The molecule has 0 aliphatic heterocycles. The molecule has 0 unspecified atom stereocenters. The van der Waals surface area contributed by atoms with Crippen LogP contribution in [0.15, 0.2) is 35.1 Å². The number of carbonyl (C=O) groups excluding carboxylic acids is 1. The number of unbranched alkanes of at least 4 members (excludes halogenated alkanes) is 2. The van der Waals surface area contributed by atoms with E-state index >= 15 is 0 Å². The second kappa shape index (κ2) is 7.62. The number of hydrogen-bond acceptors (Lipinski definition) is 2. The Morgan fingerprint density at radius 1 is 1.24 bits per heavy atom. The lowest BCUT2D eigenvalue weighted by atomic mass is 10.1. The lowest BCUT2D eigenvalue weighted by Gasteiger charge is -2.05. The number of rotatable bonds is 7. The van der Waals surface area contributed by atoms with E-state index in [9.17, 15) is 9.59 Å². The van der Waals surface area contributed by atoms with Gasteiger partial charge in [0.2, 0.25) is 5.91 Å². The number of nitrogens with one attached hydrogen (secondary N) is 2. The Balaban J connectivity index is 1.92. The lowest BCUT2D eigenvalue weighted by Crippen LogP contribution is -2.25. The van der Waals surface area contributed by atoms with Crippen molar-refractivity contribution in [2.45, 2.75) is 39.0 Å². The van der Waals surface area contributed by atoms with Crippen LogP contribution in [0.3, 0.4) is 0 Å². The molecule has 112 valence electrons. The molecule has 1 heterocycles. The third kappa shape index (κ3) is 4.45. The average Bonchev–Trinajstić information content (AvgIpc) is 2.49. The molecule has 0 aliphatic rings. The number of H-pyrrole nitrogens is 1. The van der Waals surface area contributed by atoms with Crippen LogP contribution in [0, 0.1) is 0 Å². The molecule has 0 spiro atoms. The molecule has 4 heteroatoms. The Morgan fingerprint density at radius 3 is 2.86 bits per heavy atom. The molecule has 0 atom stereocenters. The zero-order valence-corrected chi connectivity index (χ0v) is 12.4. The van der Waals surface area contributed by atoms with Crippen molar-refractivity contribution >= 4 is 16.8 Å². The topological polar surface area (TPSA) is 62.0 Å². The molecule has 2 rings (SSSR count). The number of amides is 1. The molecule has 1 aromatic carbocycles. The second-order valence-corrected chi connectivity index (χ2v) is 5.27. The van der Waals surface area contributed by atoms with Gasteiger partial charge in [-0.25, -0.2) is 0 Å². The Kier molecular flexibility index (Phi) is 5.55. The molecule has 0 bridgehead atoms. The van der Waals surface area contributed by atoms with Gasteiger partial charge in [-0.05, 0) is 30.4 Å². The summed E-state index contributed by atoms with van der Waals surface area (Å²) in [7, 11) is 0. The van der Waals surface area contributed by atoms with Crippen molar-refractivity contribution in [1.82, 2.24) is 10.3 Å². The molecule has 0 radical (unpaired) electrons. The summed E-state index contributed by atoms with van der Waals surface area (Å²) in [5.74, 6) is 0.0126. The summed E-state index contributed by atoms with van der Waals surface area (Å²) < 4.78 is 0. The van der Waals surface area contributed by atoms with Gasteiger partial charge in [0.25, 0.3) is 5.56 Å². The standard InChI is InChI=1S/C17H22N2O2/c1-2-3-6-11-18-16(20)10-9-14-12-13-7-4-5-8-15(13)19-17(14)21/h4-5,7-8,12H,2-3,6,9-11H2,1H3,(H,18,20)(H,19,21). The predicted molar refractivity (Wildman–Crippen MR) is 85.4 cm³/mol. The van der Waals surface area contributed by atoms with E-state index in [1.807, 2.05) is 30.3 Å². The van der Waals surface area contributed by atoms with Crippen LogP contribution in [0.1, 0.15) is 38.2 Å². The fraction of sp³-hybridized carbons (Fsp3) is 0.412. The minimum atomic E-state index is -0.104. The summed E-state index contributed by atoms with van der Waals surface area (Å²) in [6, 6.07) is 9.53. The minimum Gasteiger partial charge on any atom is -0.356 e. The summed E-state index contributed by atoms with van der Waals surface area (Å²) >= 11 is 0. The fourth-order valence-electron chi connectivity index (χ4n) is 2.32. The third-order valence-electron chi connectivity index (χ3n) is 3.55. The number of benzene rings is 1. The van der Waals surface area contributed by atoms with Gasteiger partial charge in [-0.15, -0.1) is 0 Å². The molecule has 1 amide bonds. The molecule has 2 N–H and O–H groups in total. The lowest BCUT2D eigenvalue weighted by molar-refractivity contribution is -0.121. The van der Waals surface area contributed by atoms with Gasteiger partial charge in [-0.3, -0.25) is 9.59 Å². The van der Waals surface area contributed by atoms with Gasteiger partial charge in [-0.2, -0.15) is 0 Å². The number of pyridine rings is 1. The molecule has 2 aromatic rings. The van der Waals surface area contributed by atoms with Crippen molar-refractivity contribution < 1.29 is 4.79 Å². The zero-order valence-electron chi connectivity index (χ0n) is 12.4. The third-order valence-corrected chi connectivity index (χ3v) is 3.55. The van der Waals surface area contributed by atoms with E-state index in [1.54, 1.807) is 0 Å². The average molecular weight is 286 g/mol. The van der Waals surface area contributed by atoms with E-state index in [2.05, 4.69) is 17.2 Å². The molecule has 1 aromatic heterocycles. The number of para-hydroxylation sites is 1. The van der Waals surface area contributed by atoms with Gasteiger partial charge in [0, 0.05) is 24.0 Å². The quantitative estimate of drug-likeness (QED) is 0.769. The van der Waals surface area contributed by atoms with E-state index in [0.29, 0.717) is 18.4 Å². The highest BCUT2D eigenvalue weighted by molar-refractivity contribution is 5.79. The smallest absolute Gasteiger partial charge is 0.251 e. The Bertz CT molecular complexity index is 661. The van der Waals surface area contributed by atoms with Gasteiger partial charge in [0.15, 0.2) is 0 Å². The van der Waals surface area contributed by atoms with Gasteiger partial charge in [0.05, 0.1) is 0 Å². The van der Waals surface area contributed by atoms with Crippen molar-refractivity contribution in [3.63, 3.8) is 0 Å². The first-order valence-electron chi connectivity index (χ1n) is 7.58. The summed E-state index contributed by atoms with van der Waals surface area (Å²) in [6.07, 6.45) is 4.11. The van der Waals surface area contributed by atoms with Crippen molar-refractivity contribution in [3.8, 4) is 0 Å². The monoisotopic (exact) mass is 286 g/mol. The highest BCUT2D eigenvalue weighted by Gasteiger charge is 2.06.